The van der Waals surface area contributed by atoms with Crippen LogP contribution >= 0.6 is 23.2 Å². The van der Waals surface area contributed by atoms with Crippen LogP contribution in [0.5, 0.6) is 5.88 Å². The van der Waals surface area contributed by atoms with Crippen LogP contribution in [0, 0.1) is 0 Å². The molecule has 2 aliphatic rings. The quantitative estimate of drug-likeness (QED) is 0.422. The highest BCUT2D eigenvalue weighted by atomic mass is 35.5. The van der Waals surface area contributed by atoms with E-state index in [1.165, 1.54) is 6.20 Å². The molecule has 0 aliphatic carbocycles. The van der Waals surface area contributed by atoms with E-state index in [9.17, 15) is 19.5 Å². The standard InChI is InChI=1S/C26H31Cl2N5O5/c27-19-3-1-16(11-20(19)28)2-5-23(34)21(4-6-25(35)36)32-10-7-18(15-38-24-13-30-8-9-31-24)33-14-17(29)12-22(33)26(32)37/h1,3,8-9,11,13,17-18,21-22H,2,4-7,10,12,14-15,29H2,(H,35,36)/t17-,18?,21-,22+/m1/s1. The first kappa shape index (κ1) is 28.2. The fraction of sp³-hybridized carbons (Fsp3) is 0.500. The zero-order valence-electron chi connectivity index (χ0n) is 20.8. The van der Waals surface area contributed by atoms with E-state index < -0.39 is 18.1 Å². The van der Waals surface area contributed by atoms with Crippen molar-refractivity contribution in [3.8, 4) is 5.88 Å². The van der Waals surface area contributed by atoms with E-state index in [-0.39, 0.29) is 49.6 Å². The summed E-state index contributed by atoms with van der Waals surface area (Å²) in [5, 5.41) is 10.2. The number of nitrogens with two attached hydrogens (primary N) is 1. The number of Topliss-reactive ketones (excluding diaryl/α,β-unsaturated/α-hetero) is 1. The lowest BCUT2D eigenvalue weighted by Gasteiger charge is -2.32. The van der Waals surface area contributed by atoms with Crippen molar-refractivity contribution >= 4 is 40.9 Å². The number of benzene rings is 1. The van der Waals surface area contributed by atoms with Gasteiger partial charge in [-0.15, -0.1) is 0 Å². The topological polar surface area (TPSA) is 139 Å². The molecule has 204 valence electrons. The molecule has 0 radical (unpaired) electrons. The van der Waals surface area contributed by atoms with Gasteiger partial charge in [0.2, 0.25) is 11.8 Å². The van der Waals surface area contributed by atoms with Crippen molar-refractivity contribution in [3.05, 3.63) is 52.4 Å². The second-order valence-electron chi connectivity index (χ2n) is 9.70. The Morgan fingerprint density at radius 3 is 2.74 bits per heavy atom. The van der Waals surface area contributed by atoms with Gasteiger partial charge in [0.1, 0.15) is 6.61 Å². The maximum absolute atomic E-state index is 13.8. The lowest BCUT2D eigenvalue weighted by atomic mass is 9.97. The van der Waals surface area contributed by atoms with Crippen molar-refractivity contribution in [2.75, 3.05) is 19.7 Å². The number of fused-ring (bicyclic) bond motifs is 1. The molecular weight excluding hydrogens is 533 g/mol. The number of nitrogens with zero attached hydrogens (tertiary/aromatic N) is 4. The second kappa shape index (κ2) is 12.8. The highest BCUT2D eigenvalue weighted by molar-refractivity contribution is 6.42. The van der Waals surface area contributed by atoms with Crippen molar-refractivity contribution in [2.45, 2.75) is 62.7 Å². The minimum atomic E-state index is -1.02. The van der Waals surface area contributed by atoms with Gasteiger partial charge in [-0.2, -0.15) is 0 Å². The number of amides is 1. The Bertz CT molecular complexity index is 1150. The summed E-state index contributed by atoms with van der Waals surface area (Å²) in [5.74, 6) is -1.02. The molecule has 2 aromatic rings. The molecule has 0 spiro atoms. The lowest BCUT2D eigenvalue weighted by Crippen LogP contribution is -2.51. The number of rotatable bonds is 11. The van der Waals surface area contributed by atoms with Crippen LogP contribution < -0.4 is 10.5 Å². The minimum Gasteiger partial charge on any atom is -0.481 e. The van der Waals surface area contributed by atoms with Crippen molar-refractivity contribution in [1.29, 1.82) is 0 Å². The molecule has 2 saturated heterocycles. The first-order chi connectivity index (χ1) is 18.2. The monoisotopic (exact) mass is 563 g/mol. The summed E-state index contributed by atoms with van der Waals surface area (Å²) in [5.41, 5.74) is 7.09. The summed E-state index contributed by atoms with van der Waals surface area (Å²) in [4.78, 5) is 50.4. The molecule has 1 aromatic carbocycles. The molecule has 10 nitrogen and oxygen atoms in total. The zero-order valence-corrected chi connectivity index (χ0v) is 22.4. The van der Waals surface area contributed by atoms with Gasteiger partial charge >= 0.3 is 5.97 Å². The van der Waals surface area contributed by atoms with Crippen molar-refractivity contribution in [3.63, 3.8) is 0 Å². The summed E-state index contributed by atoms with van der Waals surface area (Å²) in [6.07, 6.45) is 5.98. The number of carboxylic acid groups (broad SMARTS) is 1. The largest absolute Gasteiger partial charge is 0.481 e. The number of ketones is 1. The number of hydrogen-bond acceptors (Lipinski definition) is 8. The SMILES string of the molecule is N[C@@H]1C[C@H]2C(=O)N([C@H](CCC(=O)O)C(=O)CCc3ccc(Cl)c(Cl)c3)CCC(COc3cnccn3)N2C1. The number of ether oxygens (including phenoxy) is 1. The van der Waals surface area contributed by atoms with Crippen LogP contribution in [0.1, 0.15) is 37.7 Å². The number of carbonyl (C=O) groups excluding carboxylic acids is 2. The first-order valence-electron chi connectivity index (χ1n) is 12.6. The van der Waals surface area contributed by atoms with E-state index in [4.69, 9.17) is 33.7 Å². The molecule has 0 bridgehead atoms. The van der Waals surface area contributed by atoms with Crippen LogP contribution in [-0.2, 0) is 20.8 Å². The third-order valence-electron chi connectivity index (χ3n) is 7.10. The zero-order chi connectivity index (χ0) is 27.2. The molecule has 1 unspecified atom stereocenters. The number of carboxylic acids is 1. The van der Waals surface area contributed by atoms with E-state index in [2.05, 4.69) is 14.9 Å². The van der Waals surface area contributed by atoms with Crippen LogP contribution in [0.25, 0.3) is 0 Å². The van der Waals surface area contributed by atoms with Crippen LogP contribution in [0.4, 0.5) is 0 Å². The van der Waals surface area contributed by atoms with Crippen molar-refractivity contribution in [2.24, 2.45) is 5.73 Å². The smallest absolute Gasteiger partial charge is 0.303 e. The molecule has 1 amide bonds. The molecule has 38 heavy (non-hydrogen) atoms. The number of aryl methyl sites for hydroxylation is 1. The second-order valence-corrected chi connectivity index (χ2v) is 10.5. The number of halogens is 2. The van der Waals surface area contributed by atoms with Gasteiger partial charge < -0.3 is 20.5 Å². The molecule has 3 heterocycles. The van der Waals surface area contributed by atoms with Crippen molar-refractivity contribution in [1.82, 2.24) is 19.8 Å². The van der Waals surface area contributed by atoms with Crippen molar-refractivity contribution < 1.29 is 24.2 Å². The highest BCUT2D eigenvalue weighted by Crippen LogP contribution is 2.29. The minimum absolute atomic E-state index is 0.0425. The predicted molar refractivity (Wildman–Crippen MR) is 141 cm³/mol. The van der Waals surface area contributed by atoms with Crippen LogP contribution in [0.2, 0.25) is 10.0 Å². The molecule has 12 heteroatoms. The third-order valence-corrected chi connectivity index (χ3v) is 7.84. The molecule has 2 fully saturated rings. The fourth-order valence-electron chi connectivity index (χ4n) is 5.21. The Morgan fingerprint density at radius 1 is 1.21 bits per heavy atom. The molecular formula is C26H31Cl2N5O5. The number of aromatic nitrogens is 2. The summed E-state index contributed by atoms with van der Waals surface area (Å²) >= 11 is 12.1. The maximum atomic E-state index is 13.8. The summed E-state index contributed by atoms with van der Waals surface area (Å²) in [6, 6.07) is 3.51. The fourth-order valence-corrected chi connectivity index (χ4v) is 5.53. The molecule has 3 N–H and O–H groups in total. The van der Waals surface area contributed by atoms with Gasteiger partial charge in [0.05, 0.1) is 28.3 Å². The van der Waals surface area contributed by atoms with Crippen LogP contribution in [0.3, 0.4) is 0 Å². The Labute approximate surface area is 231 Å². The maximum Gasteiger partial charge on any atom is 0.303 e. The van der Waals surface area contributed by atoms with E-state index >= 15 is 0 Å². The number of hydrogen-bond donors (Lipinski definition) is 2. The van der Waals surface area contributed by atoms with Gasteiger partial charge in [-0.1, -0.05) is 29.3 Å². The van der Waals surface area contributed by atoms with Crippen LogP contribution in [-0.4, -0.2) is 86.4 Å². The molecule has 1 aromatic heterocycles. The van der Waals surface area contributed by atoms with E-state index in [0.29, 0.717) is 48.3 Å². The number of carbonyl (C=O) groups is 3. The molecule has 2 aliphatic heterocycles. The first-order valence-corrected chi connectivity index (χ1v) is 13.4. The molecule has 4 atom stereocenters. The summed E-state index contributed by atoms with van der Waals surface area (Å²) in [7, 11) is 0. The predicted octanol–water partition coefficient (Wildman–Crippen LogP) is 2.60. The van der Waals surface area contributed by atoms with Gasteiger partial charge in [0.25, 0.3) is 0 Å². The third kappa shape index (κ3) is 6.99. The van der Waals surface area contributed by atoms with E-state index in [1.807, 2.05) is 0 Å². The van der Waals surface area contributed by atoms with Gasteiger partial charge in [-0.25, -0.2) is 4.98 Å². The Morgan fingerprint density at radius 2 is 2.03 bits per heavy atom. The number of aliphatic carboxylic acids is 1. The van der Waals surface area contributed by atoms with Crippen LogP contribution in [0.15, 0.2) is 36.8 Å². The Kier molecular flexibility index (Phi) is 9.54. The van der Waals surface area contributed by atoms with E-state index in [1.54, 1.807) is 35.5 Å². The molecule has 4 rings (SSSR count). The summed E-state index contributed by atoms with van der Waals surface area (Å²) in [6.45, 7) is 1.12. The van der Waals surface area contributed by atoms with E-state index in [0.717, 1.165) is 5.56 Å². The van der Waals surface area contributed by atoms with Gasteiger partial charge in [-0.05, 0) is 43.4 Å². The average molecular weight is 564 g/mol. The molecule has 0 saturated carbocycles. The Hall–Kier alpha value is -2.79. The lowest BCUT2D eigenvalue weighted by molar-refractivity contribution is -0.144. The van der Waals surface area contributed by atoms with Gasteiger partial charge in [-0.3, -0.25) is 24.3 Å². The highest BCUT2D eigenvalue weighted by Gasteiger charge is 2.45. The normalized spacial score (nSPS) is 22.6. The Balaban J connectivity index is 1.51. The summed E-state index contributed by atoms with van der Waals surface area (Å²) < 4.78 is 5.86. The average Bonchev–Trinajstić information content (AvgIpc) is 3.24. The van der Waals surface area contributed by atoms with Gasteiger partial charge in [0, 0.05) is 50.4 Å². The van der Waals surface area contributed by atoms with Gasteiger partial charge in [0.15, 0.2) is 5.78 Å².